The fourth-order valence-electron chi connectivity index (χ4n) is 4.62. The lowest BCUT2D eigenvalue weighted by atomic mass is 10.1. The average Bonchev–Trinajstić information content (AvgIpc) is 3.31. The number of urea groups is 1. The van der Waals surface area contributed by atoms with Gasteiger partial charge in [0.15, 0.2) is 5.15 Å². The van der Waals surface area contributed by atoms with Gasteiger partial charge in [-0.1, -0.05) is 66.2 Å². The van der Waals surface area contributed by atoms with Crippen molar-refractivity contribution in [3.05, 3.63) is 105 Å². The Morgan fingerprint density at radius 3 is 2.30 bits per heavy atom. The Balaban J connectivity index is 0.000000617. The van der Waals surface area contributed by atoms with E-state index in [-0.39, 0.29) is 18.1 Å². The smallest absolute Gasteiger partial charge is 0.475 e. The first-order valence-electron chi connectivity index (χ1n) is 14.3. The van der Waals surface area contributed by atoms with Gasteiger partial charge in [0.2, 0.25) is 0 Å². The van der Waals surface area contributed by atoms with E-state index in [0.29, 0.717) is 22.2 Å². The Bertz CT molecular complexity index is 1710. The number of amides is 2. The molecule has 0 radical (unpaired) electrons. The number of carboxylic acids is 1. The largest absolute Gasteiger partial charge is 0.490 e. The average molecular weight is 657 g/mol. The molecule has 1 aliphatic heterocycles. The second-order valence-corrected chi connectivity index (χ2v) is 10.7. The summed E-state index contributed by atoms with van der Waals surface area (Å²) in [4.78, 5) is 36.6. The van der Waals surface area contributed by atoms with Crippen molar-refractivity contribution in [1.82, 2.24) is 15.1 Å². The summed E-state index contributed by atoms with van der Waals surface area (Å²) in [5.74, 6) is -2.76. The molecule has 4 N–H and O–H groups in total. The maximum Gasteiger partial charge on any atom is 0.490 e. The monoisotopic (exact) mass is 656 g/mol. The van der Waals surface area contributed by atoms with Crippen LogP contribution in [-0.2, 0) is 11.3 Å². The molecule has 0 saturated carbocycles. The lowest BCUT2D eigenvalue weighted by molar-refractivity contribution is -0.192. The fraction of sp³-hybridized carbons (Fsp3) is 0.250. The molecule has 2 heterocycles. The first-order valence-corrected chi connectivity index (χ1v) is 14.6. The van der Waals surface area contributed by atoms with E-state index in [4.69, 9.17) is 21.5 Å². The number of anilines is 3. The van der Waals surface area contributed by atoms with Crippen LogP contribution in [0.15, 0.2) is 83.7 Å². The van der Waals surface area contributed by atoms with Crippen molar-refractivity contribution >= 4 is 40.7 Å². The van der Waals surface area contributed by atoms with Crippen molar-refractivity contribution < 1.29 is 27.9 Å². The number of aromatic nitrogens is 2. The van der Waals surface area contributed by atoms with Crippen LogP contribution in [0.25, 0.3) is 11.1 Å². The molecule has 2 amide bonds. The van der Waals surface area contributed by atoms with E-state index in [1.165, 1.54) is 4.68 Å². The summed E-state index contributed by atoms with van der Waals surface area (Å²) < 4.78 is 33.1. The number of nitrogens with one attached hydrogen (secondary N) is 3. The van der Waals surface area contributed by atoms with E-state index in [2.05, 4.69) is 25.9 Å². The number of rotatable bonds is 6. The molecular formula is C32H32ClF3N6O4. The van der Waals surface area contributed by atoms with Crippen LogP contribution in [0.5, 0.6) is 0 Å². The molecule has 0 aliphatic carbocycles. The van der Waals surface area contributed by atoms with Gasteiger partial charge >= 0.3 is 18.2 Å². The van der Waals surface area contributed by atoms with Crippen molar-refractivity contribution in [2.24, 2.45) is 0 Å². The highest BCUT2D eigenvalue weighted by Crippen LogP contribution is 2.24. The summed E-state index contributed by atoms with van der Waals surface area (Å²) in [6.07, 6.45) is -4.11. The lowest BCUT2D eigenvalue weighted by Crippen LogP contribution is -2.31. The van der Waals surface area contributed by atoms with E-state index in [1.807, 2.05) is 79.7 Å². The number of aryl methyl sites for hydroxylation is 1. The highest BCUT2D eigenvalue weighted by molar-refractivity contribution is 6.31. The predicted octanol–water partition coefficient (Wildman–Crippen LogP) is 6.00. The van der Waals surface area contributed by atoms with Crippen molar-refractivity contribution in [2.45, 2.75) is 26.1 Å². The molecule has 46 heavy (non-hydrogen) atoms. The molecule has 4 aromatic rings. The van der Waals surface area contributed by atoms with Gasteiger partial charge in [-0.15, -0.1) is 0 Å². The van der Waals surface area contributed by atoms with E-state index in [1.54, 1.807) is 6.07 Å². The molecule has 0 atom stereocenters. The van der Waals surface area contributed by atoms with Gasteiger partial charge in [0.05, 0.1) is 12.2 Å². The minimum absolute atomic E-state index is 0.224. The number of hydrogen-bond donors (Lipinski definition) is 4. The van der Waals surface area contributed by atoms with Crippen molar-refractivity contribution in [3.63, 3.8) is 0 Å². The van der Waals surface area contributed by atoms with Crippen molar-refractivity contribution in [3.8, 4) is 11.1 Å². The second kappa shape index (κ2) is 15.4. The molecule has 5 rings (SSSR count). The Labute approximate surface area is 267 Å². The second-order valence-electron chi connectivity index (χ2n) is 10.4. The van der Waals surface area contributed by atoms with Gasteiger partial charge in [0.1, 0.15) is 0 Å². The fourth-order valence-corrected chi connectivity index (χ4v) is 4.88. The minimum atomic E-state index is -5.08. The van der Waals surface area contributed by atoms with Crippen molar-refractivity contribution in [1.29, 1.82) is 0 Å². The molecule has 14 heteroatoms. The summed E-state index contributed by atoms with van der Waals surface area (Å²) in [6.45, 7) is 5.53. The zero-order valence-electron chi connectivity index (χ0n) is 24.8. The van der Waals surface area contributed by atoms with Crippen LogP contribution in [0.2, 0.25) is 5.15 Å². The van der Waals surface area contributed by atoms with Crippen LogP contribution in [0, 0.1) is 6.92 Å². The first-order chi connectivity index (χ1) is 21.9. The third kappa shape index (κ3) is 9.56. The zero-order valence-corrected chi connectivity index (χ0v) is 25.5. The van der Waals surface area contributed by atoms with Crippen LogP contribution in [0.1, 0.15) is 17.5 Å². The topological polar surface area (TPSA) is 129 Å². The summed E-state index contributed by atoms with van der Waals surface area (Å²) >= 11 is 6.50. The Kier molecular flexibility index (Phi) is 11.4. The molecule has 1 saturated heterocycles. The number of halogens is 4. The van der Waals surface area contributed by atoms with E-state index < -0.39 is 12.1 Å². The van der Waals surface area contributed by atoms with Gasteiger partial charge in [-0.25, -0.2) is 14.3 Å². The maximum absolute atomic E-state index is 12.9. The van der Waals surface area contributed by atoms with Gasteiger partial charge < -0.3 is 26.0 Å². The van der Waals surface area contributed by atoms with Crippen LogP contribution in [-0.4, -0.2) is 59.2 Å². The van der Waals surface area contributed by atoms with E-state index in [9.17, 15) is 22.8 Å². The van der Waals surface area contributed by atoms with Crippen LogP contribution < -0.4 is 26.4 Å². The van der Waals surface area contributed by atoms with Crippen LogP contribution >= 0.6 is 11.6 Å². The molecule has 0 unspecified atom stereocenters. The number of nitrogens with zero attached hydrogens (tertiary/aromatic N) is 3. The number of hydrogen-bond acceptors (Lipinski definition) is 6. The third-order valence-corrected chi connectivity index (χ3v) is 7.26. The number of carbonyl (C=O) groups excluding carboxylic acids is 1. The summed E-state index contributed by atoms with van der Waals surface area (Å²) in [6, 6.07) is 24.6. The molecular weight excluding hydrogens is 625 g/mol. The Hall–Kier alpha value is -4.88. The summed E-state index contributed by atoms with van der Waals surface area (Å²) in [5.41, 5.74) is 5.69. The molecule has 0 bridgehead atoms. The highest BCUT2D eigenvalue weighted by Gasteiger charge is 2.38. The molecule has 0 spiro atoms. The van der Waals surface area contributed by atoms with Gasteiger partial charge in [0, 0.05) is 37.1 Å². The van der Waals surface area contributed by atoms with Crippen LogP contribution in [0.4, 0.5) is 35.0 Å². The van der Waals surface area contributed by atoms with E-state index in [0.717, 1.165) is 54.9 Å². The van der Waals surface area contributed by atoms with Gasteiger partial charge in [-0.05, 0) is 60.3 Å². The lowest BCUT2D eigenvalue weighted by Gasteiger charge is -2.23. The first kappa shape index (κ1) is 34.0. The normalized spacial score (nSPS) is 13.2. The standard InChI is InChI=1S/C30H31ClN6O2.C2HF3O2/c1-21-8-9-22(20-37-28(38)19-27(29(31)35-37)36-16-5-14-32-15-17-36)18-26(21)34-30(39)33-25-12-10-24(11-13-25)23-6-3-2-4-7-23;3-2(4,5)1(6)7/h2-4,6-13,18-19,32H,5,14-17,20H2,1H3,(H2,33,34,39);(H,6,7). The molecule has 3 aromatic carbocycles. The Morgan fingerprint density at radius 2 is 1.63 bits per heavy atom. The number of benzene rings is 3. The zero-order chi connectivity index (χ0) is 33.3. The van der Waals surface area contributed by atoms with Gasteiger partial charge in [-0.3, -0.25) is 4.79 Å². The highest BCUT2D eigenvalue weighted by atomic mass is 35.5. The molecule has 1 fully saturated rings. The third-order valence-electron chi connectivity index (χ3n) is 6.99. The van der Waals surface area contributed by atoms with Crippen LogP contribution in [0.3, 0.4) is 0 Å². The SMILES string of the molecule is Cc1ccc(Cn2nc(Cl)c(N3CCCNCC3)cc2=O)cc1NC(=O)Nc1ccc(-c2ccccc2)cc1.O=C(O)C(F)(F)F. The van der Waals surface area contributed by atoms with E-state index >= 15 is 0 Å². The molecule has 1 aliphatic rings. The number of carboxylic acid groups (broad SMARTS) is 1. The number of aliphatic carboxylic acids is 1. The number of alkyl halides is 3. The predicted molar refractivity (Wildman–Crippen MR) is 172 cm³/mol. The molecule has 242 valence electrons. The minimum Gasteiger partial charge on any atom is -0.475 e. The summed E-state index contributed by atoms with van der Waals surface area (Å²) in [7, 11) is 0. The quantitative estimate of drug-likeness (QED) is 0.201. The number of carbonyl (C=O) groups is 2. The summed E-state index contributed by atoms with van der Waals surface area (Å²) in [5, 5.41) is 21.0. The van der Waals surface area contributed by atoms with Gasteiger partial charge in [0.25, 0.3) is 5.56 Å². The Morgan fingerprint density at radius 1 is 0.957 bits per heavy atom. The molecule has 1 aromatic heterocycles. The molecule has 10 nitrogen and oxygen atoms in total. The maximum atomic E-state index is 12.9. The van der Waals surface area contributed by atoms with Gasteiger partial charge in [-0.2, -0.15) is 18.3 Å². The van der Waals surface area contributed by atoms with Crippen molar-refractivity contribution in [2.75, 3.05) is 41.7 Å².